The van der Waals surface area contributed by atoms with Gasteiger partial charge >= 0.3 is 0 Å². The van der Waals surface area contributed by atoms with Crippen LogP contribution in [0.4, 0.5) is 5.69 Å². The van der Waals surface area contributed by atoms with Crippen molar-refractivity contribution in [3.8, 4) is 5.75 Å². The van der Waals surface area contributed by atoms with Gasteiger partial charge in [-0.05, 0) is 24.6 Å². The second-order valence-corrected chi connectivity index (χ2v) is 5.33. The molecule has 1 aromatic carbocycles. The Morgan fingerprint density at radius 1 is 1.30 bits per heavy atom. The second kappa shape index (κ2) is 4.56. The molecule has 0 amide bonds. The highest BCUT2D eigenvalue weighted by Gasteiger charge is 2.42. The molecule has 1 fully saturated rings. The maximum absolute atomic E-state index is 5.96. The summed E-state index contributed by atoms with van der Waals surface area (Å²) in [5.74, 6) is 2.24. The fourth-order valence-corrected chi connectivity index (χ4v) is 3.33. The highest BCUT2D eigenvalue weighted by molar-refractivity contribution is 5.59. The molecule has 1 saturated heterocycles. The zero-order valence-electron chi connectivity index (χ0n) is 11.3. The molecule has 0 saturated carbocycles. The highest BCUT2D eigenvalue weighted by atomic mass is 16.5. The number of nitrogens with one attached hydrogen (secondary N) is 1. The average Bonchev–Trinajstić information content (AvgIpc) is 3.17. The van der Waals surface area contributed by atoms with Crippen molar-refractivity contribution in [1.29, 1.82) is 0 Å². The molecule has 0 aliphatic carbocycles. The first-order valence-corrected chi connectivity index (χ1v) is 6.96. The predicted octanol–water partition coefficient (Wildman–Crippen LogP) is 3.53. The van der Waals surface area contributed by atoms with Gasteiger partial charge in [-0.3, -0.25) is 0 Å². The number of methoxy groups -OCH3 is 1. The van der Waals surface area contributed by atoms with E-state index in [0.717, 1.165) is 30.2 Å². The second-order valence-electron chi connectivity index (χ2n) is 5.33. The third-order valence-electron chi connectivity index (χ3n) is 4.29. The maximum Gasteiger partial charge on any atom is 0.126 e. The van der Waals surface area contributed by atoms with Gasteiger partial charge in [0.1, 0.15) is 11.5 Å². The number of hydrogen-bond donors (Lipinski definition) is 1. The van der Waals surface area contributed by atoms with Crippen LogP contribution < -0.4 is 10.1 Å². The SMILES string of the molecule is COc1ccc2c(c1)NC(c1ccco1)C1CCOC21. The summed E-state index contributed by atoms with van der Waals surface area (Å²) < 4.78 is 16.9. The number of benzene rings is 1. The van der Waals surface area contributed by atoms with Crippen molar-refractivity contribution in [2.24, 2.45) is 5.92 Å². The summed E-state index contributed by atoms with van der Waals surface area (Å²) in [5.41, 5.74) is 2.30. The van der Waals surface area contributed by atoms with Crippen molar-refractivity contribution in [2.75, 3.05) is 19.0 Å². The van der Waals surface area contributed by atoms with Gasteiger partial charge in [0.2, 0.25) is 0 Å². The molecule has 3 atom stereocenters. The Bertz CT molecular complexity index is 608. The van der Waals surface area contributed by atoms with Gasteiger partial charge in [0, 0.05) is 29.8 Å². The number of fused-ring (bicyclic) bond motifs is 3. The van der Waals surface area contributed by atoms with E-state index in [1.54, 1.807) is 13.4 Å². The maximum atomic E-state index is 5.96. The molecule has 0 spiro atoms. The van der Waals surface area contributed by atoms with Crippen LogP contribution in [-0.4, -0.2) is 13.7 Å². The molecule has 2 aliphatic rings. The topological polar surface area (TPSA) is 43.6 Å². The van der Waals surface area contributed by atoms with Gasteiger partial charge in [0.05, 0.1) is 25.5 Å². The molecule has 2 aliphatic heterocycles. The van der Waals surface area contributed by atoms with Gasteiger partial charge in [0.15, 0.2) is 0 Å². The molecule has 3 unspecified atom stereocenters. The lowest BCUT2D eigenvalue weighted by Gasteiger charge is -2.35. The van der Waals surface area contributed by atoms with Crippen LogP contribution in [0, 0.1) is 5.92 Å². The standard InChI is InChI=1S/C16H17NO3/c1-18-10-4-5-11-13(9-10)17-15(14-3-2-7-19-14)12-6-8-20-16(11)12/h2-5,7,9,12,15-17H,6,8H2,1H3. The Kier molecular flexibility index (Phi) is 2.70. The summed E-state index contributed by atoms with van der Waals surface area (Å²) in [4.78, 5) is 0. The van der Waals surface area contributed by atoms with Gasteiger partial charge in [-0.25, -0.2) is 0 Å². The largest absolute Gasteiger partial charge is 0.497 e. The molecular formula is C16H17NO3. The van der Waals surface area contributed by atoms with E-state index < -0.39 is 0 Å². The van der Waals surface area contributed by atoms with E-state index >= 15 is 0 Å². The average molecular weight is 271 g/mol. The van der Waals surface area contributed by atoms with Crippen molar-refractivity contribution in [2.45, 2.75) is 18.6 Å². The van der Waals surface area contributed by atoms with Crippen LogP contribution in [0.25, 0.3) is 0 Å². The number of furan rings is 1. The van der Waals surface area contributed by atoms with E-state index in [1.807, 2.05) is 24.3 Å². The van der Waals surface area contributed by atoms with Crippen LogP contribution in [0.2, 0.25) is 0 Å². The van der Waals surface area contributed by atoms with Crippen molar-refractivity contribution in [1.82, 2.24) is 0 Å². The van der Waals surface area contributed by atoms with Crippen LogP contribution in [0.3, 0.4) is 0 Å². The molecule has 4 heteroatoms. The third kappa shape index (κ3) is 1.72. The summed E-state index contributed by atoms with van der Waals surface area (Å²) in [6, 6.07) is 10.2. The molecule has 20 heavy (non-hydrogen) atoms. The fraction of sp³-hybridized carbons (Fsp3) is 0.375. The van der Waals surface area contributed by atoms with E-state index in [1.165, 1.54) is 5.56 Å². The molecule has 4 nitrogen and oxygen atoms in total. The first kappa shape index (κ1) is 11.9. The minimum Gasteiger partial charge on any atom is -0.497 e. The number of hydrogen-bond acceptors (Lipinski definition) is 4. The molecule has 0 radical (unpaired) electrons. The van der Waals surface area contributed by atoms with Gasteiger partial charge in [-0.2, -0.15) is 0 Å². The third-order valence-corrected chi connectivity index (χ3v) is 4.29. The Labute approximate surface area is 117 Å². The Morgan fingerprint density at radius 3 is 3.05 bits per heavy atom. The van der Waals surface area contributed by atoms with Gasteiger partial charge < -0.3 is 19.2 Å². The zero-order valence-corrected chi connectivity index (χ0v) is 11.3. The lowest BCUT2D eigenvalue weighted by atomic mass is 9.83. The van der Waals surface area contributed by atoms with E-state index in [-0.39, 0.29) is 12.1 Å². The van der Waals surface area contributed by atoms with Crippen molar-refractivity contribution in [3.63, 3.8) is 0 Å². The van der Waals surface area contributed by atoms with Gasteiger partial charge in [0.25, 0.3) is 0 Å². The molecule has 1 aromatic heterocycles. The molecule has 2 aromatic rings. The van der Waals surface area contributed by atoms with Crippen LogP contribution in [0.5, 0.6) is 5.75 Å². The summed E-state index contributed by atoms with van der Waals surface area (Å²) >= 11 is 0. The predicted molar refractivity (Wildman–Crippen MR) is 74.9 cm³/mol. The van der Waals surface area contributed by atoms with E-state index in [2.05, 4.69) is 11.4 Å². The van der Waals surface area contributed by atoms with E-state index in [4.69, 9.17) is 13.9 Å². The number of ether oxygens (including phenoxy) is 2. The molecule has 4 rings (SSSR count). The molecule has 0 bridgehead atoms. The fourth-order valence-electron chi connectivity index (χ4n) is 3.33. The highest BCUT2D eigenvalue weighted by Crippen LogP contribution is 2.50. The molecule has 104 valence electrons. The van der Waals surface area contributed by atoms with Crippen LogP contribution in [0.1, 0.15) is 29.9 Å². The number of anilines is 1. The zero-order chi connectivity index (χ0) is 13.5. The quantitative estimate of drug-likeness (QED) is 0.907. The normalized spacial score (nSPS) is 27.6. The molecular weight excluding hydrogens is 254 g/mol. The van der Waals surface area contributed by atoms with Crippen LogP contribution >= 0.6 is 0 Å². The van der Waals surface area contributed by atoms with E-state index in [9.17, 15) is 0 Å². The van der Waals surface area contributed by atoms with Crippen LogP contribution in [0.15, 0.2) is 41.0 Å². The first-order chi connectivity index (χ1) is 9.86. The number of rotatable bonds is 2. The van der Waals surface area contributed by atoms with Crippen molar-refractivity contribution in [3.05, 3.63) is 47.9 Å². The lowest BCUT2D eigenvalue weighted by molar-refractivity contribution is 0.0807. The van der Waals surface area contributed by atoms with Crippen molar-refractivity contribution >= 4 is 5.69 Å². The Balaban J connectivity index is 1.78. The monoisotopic (exact) mass is 271 g/mol. The minimum atomic E-state index is 0.146. The van der Waals surface area contributed by atoms with Crippen molar-refractivity contribution < 1.29 is 13.9 Å². The van der Waals surface area contributed by atoms with Gasteiger partial charge in [-0.1, -0.05) is 6.07 Å². The summed E-state index contributed by atoms with van der Waals surface area (Å²) in [7, 11) is 1.68. The van der Waals surface area contributed by atoms with Gasteiger partial charge in [-0.15, -0.1) is 0 Å². The summed E-state index contributed by atoms with van der Waals surface area (Å²) in [6.07, 6.45) is 2.92. The Morgan fingerprint density at radius 2 is 2.25 bits per heavy atom. The lowest BCUT2D eigenvalue weighted by Crippen LogP contribution is -2.28. The van der Waals surface area contributed by atoms with Crippen LogP contribution in [-0.2, 0) is 4.74 Å². The molecule has 3 heterocycles. The van der Waals surface area contributed by atoms with E-state index in [0.29, 0.717) is 5.92 Å². The minimum absolute atomic E-state index is 0.146. The molecule has 1 N–H and O–H groups in total. The smallest absolute Gasteiger partial charge is 0.126 e. The summed E-state index contributed by atoms with van der Waals surface area (Å²) in [6.45, 7) is 0.805. The summed E-state index contributed by atoms with van der Waals surface area (Å²) in [5, 5.41) is 3.59. The Hall–Kier alpha value is -1.94. The first-order valence-electron chi connectivity index (χ1n) is 6.96.